The summed E-state index contributed by atoms with van der Waals surface area (Å²) in [6.07, 6.45) is 8.93. The first-order chi connectivity index (χ1) is 9.86. The molecule has 1 N–H and O–H groups in total. The molecule has 0 spiro atoms. The van der Waals surface area contributed by atoms with Gasteiger partial charge in [0.25, 0.3) is 0 Å². The number of fused-ring (bicyclic) bond motifs is 1. The zero-order valence-electron chi connectivity index (χ0n) is 12.6. The fraction of sp³-hybridized carbons (Fsp3) is 0.786. The monoisotopic (exact) mass is 404 g/mol. The van der Waals surface area contributed by atoms with E-state index in [0.717, 1.165) is 30.9 Å². The second-order valence-electron chi connectivity index (χ2n) is 5.84. The average molecular weight is 404 g/mol. The molecule has 0 amide bonds. The third-order valence-electron chi connectivity index (χ3n) is 4.58. The molecule has 2 heterocycles. The molecule has 1 saturated heterocycles. The molecule has 1 aliphatic carbocycles. The van der Waals surface area contributed by atoms with Crippen molar-refractivity contribution in [1.82, 2.24) is 25.0 Å². The van der Waals surface area contributed by atoms with Crippen molar-refractivity contribution in [2.45, 2.75) is 32.2 Å². The van der Waals surface area contributed by atoms with Crippen molar-refractivity contribution in [1.29, 1.82) is 0 Å². The highest BCUT2D eigenvalue weighted by atomic mass is 127. The summed E-state index contributed by atoms with van der Waals surface area (Å²) in [4.78, 5) is 10.8. The normalized spacial score (nSPS) is 25.4. The highest BCUT2D eigenvalue weighted by Gasteiger charge is 2.35. The fourth-order valence-corrected chi connectivity index (χ4v) is 3.54. The van der Waals surface area contributed by atoms with Gasteiger partial charge in [0.05, 0.1) is 6.54 Å². The topological polar surface area (TPSA) is 58.3 Å². The van der Waals surface area contributed by atoms with Crippen molar-refractivity contribution in [3.63, 3.8) is 0 Å². The largest absolute Gasteiger partial charge is 0.354 e. The summed E-state index contributed by atoms with van der Waals surface area (Å²) < 4.78 is 1.84. The van der Waals surface area contributed by atoms with Crippen molar-refractivity contribution >= 4 is 29.9 Å². The molecular weight excluding hydrogens is 379 g/mol. The lowest BCUT2D eigenvalue weighted by Gasteiger charge is -2.22. The highest BCUT2D eigenvalue weighted by Crippen LogP contribution is 2.35. The maximum Gasteiger partial charge on any atom is 0.193 e. The van der Waals surface area contributed by atoms with Crippen LogP contribution in [0.1, 0.15) is 25.7 Å². The summed E-state index contributed by atoms with van der Waals surface area (Å²) >= 11 is 0. The van der Waals surface area contributed by atoms with E-state index in [1.807, 2.05) is 11.7 Å². The maximum absolute atomic E-state index is 4.43. The van der Waals surface area contributed by atoms with Crippen LogP contribution in [-0.2, 0) is 6.54 Å². The Balaban J connectivity index is 0.00000161. The van der Waals surface area contributed by atoms with Crippen LogP contribution >= 0.6 is 24.0 Å². The maximum atomic E-state index is 4.43. The van der Waals surface area contributed by atoms with Crippen LogP contribution in [0.5, 0.6) is 0 Å². The Hall–Kier alpha value is -0.860. The molecule has 0 aromatic carbocycles. The minimum atomic E-state index is 0. The zero-order valence-corrected chi connectivity index (χ0v) is 14.9. The van der Waals surface area contributed by atoms with Gasteiger partial charge < -0.3 is 10.2 Å². The Morgan fingerprint density at radius 2 is 2.00 bits per heavy atom. The molecule has 2 atom stereocenters. The van der Waals surface area contributed by atoms with E-state index in [-0.39, 0.29) is 24.0 Å². The van der Waals surface area contributed by atoms with Crippen molar-refractivity contribution < 1.29 is 0 Å². The second-order valence-corrected chi connectivity index (χ2v) is 5.84. The highest BCUT2D eigenvalue weighted by molar-refractivity contribution is 14.0. The predicted molar refractivity (Wildman–Crippen MR) is 93.8 cm³/mol. The van der Waals surface area contributed by atoms with Gasteiger partial charge in [0, 0.05) is 26.7 Å². The summed E-state index contributed by atoms with van der Waals surface area (Å²) in [5.41, 5.74) is 0. The Bertz CT molecular complexity index is 432. The zero-order chi connectivity index (χ0) is 13.8. The Morgan fingerprint density at radius 3 is 2.57 bits per heavy atom. The molecule has 118 valence electrons. The molecule has 21 heavy (non-hydrogen) atoms. The number of aromatic nitrogens is 3. The fourth-order valence-electron chi connectivity index (χ4n) is 3.54. The van der Waals surface area contributed by atoms with Crippen LogP contribution in [-0.4, -0.2) is 52.3 Å². The molecule has 1 aromatic heterocycles. The van der Waals surface area contributed by atoms with Gasteiger partial charge in [-0.15, -0.1) is 24.0 Å². The molecule has 2 aliphatic rings. The first-order valence-corrected chi connectivity index (χ1v) is 7.65. The summed E-state index contributed by atoms with van der Waals surface area (Å²) in [6, 6.07) is 0. The summed E-state index contributed by atoms with van der Waals surface area (Å²) in [5, 5.41) is 7.55. The van der Waals surface area contributed by atoms with E-state index in [0.29, 0.717) is 0 Å². The molecule has 0 bridgehead atoms. The summed E-state index contributed by atoms with van der Waals surface area (Å²) in [6.45, 7) is 4.00. The minimum absolute atomic E-state index is 0. The number of nitrogens with zero attached hydrogens (tertiary/aromatic N) is 5. The average Bonchev–Trinajstić information content (AvgIpc) is 3.12. The quantitative estimate of drug-likeness (QED) is 0.473. The van der Waals surface area contributed by atoms with E-state index < -0.39 is 0 Å². The molecule has 1 aromatic rings. The molecule has 2 unspecified atom stereocenters. The standard InChI is InChI=1S/C14H24N6.HI/c1-15-14(17-6-7-20-11-16-10-18-20)19-8-12-4-2-3-5-13(12)9-19;/h10-13H,2-9H2,1H3,(H,15,17);1H. The van der Waals surface area contributed by atoms with Gasteiger partial charge in [0.1, 0.15) is 12.7 Å². The van der Waals surface area contributed by atoms with Crippen LogP contribution in [0.4, 0.5) is 0 Å². The van der Waals surface area contributed by atoms with Crippen LogP contribution in [0.15, 0.2) is 17.6 Å². The number of halogens is 1. The van der Waals surface area contributed by atoms with Crippen LogP contribution in [0.2, 0.25) is 0 Å². The van der Waals surface area contributed by atoms with E-state index in [9.17, 15) is 0 Å². The molecular formula is C14H25IN6. The van der Waals surface area contributed by atoms with Crippen LogP contribution in [0, 0.1) is 11.8 Å². The van der Waals surface area contributed by atoms with Gasteiger partial charge in [-0.25, -0.2) is 4.98 Å². The van der Waals surface area contributed by atoms with Crippen molar-refractivity contribution in [2.75, 3.05) is 26.7 Å². The SMILES string of the molecule is CN=C(NCCn1cncn1)N1CC2CCCCC2C1.I. The molecule has 1 saturated carbocycles. The second kappa shape index (κ2) is 7.95. The van der Waals surface area contributed by atoms with Crippen LogP contribution in [0.25, 0.3) is 0 Å². The predicted octanol–water partition coefficient (Wildman–Crippen LogP) is 1.59. The number of likely N-dealkylation sites (tertiary alicyclic amines) is 1. The number of rotatable bonds is 3. The molecule has 2 fully saturated rings. The smallest absolute Gasteiger partial charge is 0.193 e. The first kappa shape index (κ1) is 16.5. The van der Waals surface area contributed by atoms with E-state index in [1.54, 1.807) is 12.7 Å². The van der Waals surface area contributed by atoms with E-state index in [2.05, 4.69) is 25.3 Å². The summed E-state index contributed by atoms with van der Waals surface area (Å²) in [7, 11) is 1.87. The minimum Gasteiger partial charge on any atom is -0.354 e. The van der Waals surface area contributed by atoms with Gasteiger partial charge in [-0.05, 0) is 24.7 Å². The van der Waals surface area contributed by atoms with E-state index in [1.165, 1.54) is 38.8 Å². The number of hydrogen-bond acceptors (Lipinski definition) is 3. The third-order valence-corrected chi connectivity index (χ3v) is 4.58. The van der Waals surface area contributed by atoms with Gasteiger partial charge in [-0.3, -0.25) is 9.67 Å². The third kappa shape index (κ3) is 4.08. The number of guanidine groups is 1. The molecule has 0 radical (unpaired) electrons. The van der Waals surface area contributed by atoms with E-state index >= 15 is 0 Å². The van der Waals surface area contributed by atoms with Gasteiger partial charge >= 0.3 is 0 Å². The van der Waals surface area contributed by atoms with E-state index in [4.69, 9.17) is 0 Å². The molecule has 3 rings (SSSR count). The number of nitrogens with one attached hydrogen (secondary N) is 1. The van der Waals surface area contributed by atoms with Gasteiger partial charge in [0.2, 0.25) is 0 Å². The van der Waals surface area contributed by atoms with Crippen LogP contribution < -0.4 is 5.32 Å². The first-order valence-electron chi connectivity index (χ1n) is 7.65. The molecule has 6 nitrogen and oxygen atoms in total. The Kier molecular flexibility index (Phi) is 6.25. The van der Waals surface area contributed by atoms with Crippen molar-refractivity contribution in [3.05, 3.63) is 12.7 Å². The molecule has 1 aliphatic heterocycles. The lowest BCUT2D eigenvalue weighted by Crippen LogP contribution is -2.41. The van der Waals surface area contributed by atoms with Gasteiger partial charge in [-0.2, -0.15) is 5.10 Å². The number of hydrogen-bond donors (Lipinski definition) is 1. The van der Waals surface area contributed by atoms with Crippen LogP contribution in [0.3, 0.4) is 0 Å². The summed E-state index contributed by atoms with van der Waals surface area (Å²) in [5.74, 6) is 2.81. The van der Waals surface area contributed by atoms with Gasteiger partial charge in [-0.1, -0.05) is 12.8 Å². The molecule has 7 heteroatoms. The Labute approximate surface area is 143 Å². The lowest BCUT2D eigenvalue weighted by molar-refractivity contribution is 0.299. The van der Waals surface area contributed by atoms with Gasteiger partial charge in [0.15, 0.2) is 5.96 Å². The van der Waals surface area contributed by atoms with Crippen molar-refractivity contribution in [2.24, 2.45) is 16.8 Å². The van der Waals surface area contributed by atoms with Crippen molar-refractivity contribution in [3.8, 4) is 0 Å². The lowest BCUT2D eigenvalue weighted by atomic mass is 9.82. The number of aliphatic imine (C=N–C) groups is 1. The Morgan fingerprint density at radius 1 is 1.29 bits per heavy atom.